The Labute approximate surface area is 104 Å². The molecule has 2 unspecified atom stereocenters. The van der Waals surface area contributed by atoms with Gasteiger partial charge in [0.25, 0.3) is 0 Å². The van der Waals surface area contributed by atoms with Gasteiger partial charge in [0.2, 0.25) is 0 Å². The zero-order valence-corrected chi connectivity index (χ0v) is 11.1. The van der Waals surface area contributed by atoms with Gasteiger partial charge in [0.15, 0.2) is 0 Å². The van der Waals surface area contributed by atoms with Gasteiger partial charge in [0.1, 0.15) is 0 Å². The quantitative estimate of drug-likeness (QED) is 0.871. The Morgan fingerprint density at radius 1 is 1.29 bits per heavy atom. The second kappa shape index (κ2) is 4.79. The molecule has 1 heterocycles. The van der Waals surface area contributed by atoms with Crippen molar-refractivity contribution in [3.05, 3.63) is 34.9 Å². The largest absolute Gasteiger partial charge is 0.374 e. The highest BCUT2D eigenvalue weighted by atomic mass is 16.5. The fraction of sp³-hybridized carbons (Fsp3) is 0.600. The number of ether oxygens (including phenoxy) is 1. The maximum atomic E-state index is 6.32. The highest BCUT2D eigenvalue weighted by molar-refractivity contribution is 5.29. The van der Waals surface area contributed by atoms with E-state index in [4.69, 9.17) is 10.5 Å². The monoisotopic (exact) mass is 233 g/mol. The summed E-state index contributed by atoms with van der Waals surface area (Å²) >= 11 is 0. The lowest BCUT2D eigenvalue weighted by atomic mass is 9.88. The zero-order chi connectivity index (χ0) is 12.5. The third-order valence-electron chi connectivity index (χ3n) is 3.77. The number of hydrogen-bond acceptors (Lipinski definition) is 2. The van der Waals surface area contributed by atoms with E-state index in [1.807, 2.05) is 0 Å². The van der Waals surface area contributed by atoms with Crippen molar-refractivity contribution >= 4 is 0 Å². The van der Waals surface area contributed by atoms with Gasteiger partial charge < -0.3 is 10.5 Å². The van der Waals surface area contributed by atoms with Crippen LogP contribution >= 0.6 is 0 Å². The standard InChI is InChI=1S/C15H23NO/c1-11-7-12(2)9-13(8-11)10-14(16)15(3)5-4-6-17-15/h7-9,14H,4-6,10,16H2,1-3H3. The normalized spacial score (nSPS) is 26.1. The third-order valence-corrected chi connectivity index (χ3v) is 3.77. The van der Waals surface area contributed by atoms with Gasteiger partial charge in [-0.3, -0.25) is 0 Å². The van der Waals surface area contributed by atoms with Crippen LogP contribution in [0.25, 0.3) is 0 Å². The van der Waals surface area contributed by atoms with Crippen LogP contribution in [-0.4, -0.2) is 18.2 Å². The Morgan fingerprint density at radius 3 is 2.47 bits per heavy atom. The lowest BCUT2D eigenvalue weighted by Crippen LogP contribution is -2.46. The fourth-order valence-electron chi connectivity index (χ4n) is 2.75. The summed E-state index contributed by atoms with van der Waals surface area (Å²) in [5.74, 6) is 0. The highest BCUT2D eigenvalue weighted by Gasteiger charge is 2.36. The van der Waals surface area contributed by atoms with Crippen molar-refractivity contribution in [2.75, 3.05) is 6.61 Å². The van der Waals surface area contributed by atoms with E-state index in [0.717, 1.165) is 25.9 Å². The average Bonchev–Trinajstić information content (AvgIpc) is 2.64. The molecule has 17 heavy (non-hydrogen) atoms. The lowest BCUT2D eigenvalue weighted by molar-refractivity contribution is -0.000910. The molecule has 1 aliphatic rings. The number of aryl methyl sites for hydroxylation is 2. The first kappa shape index (κ1) is 12.6. The van der Waals surface area contributed by atoms with Crippen LogP contribution in [-0.2, 0) is 11.2 Å². The van der Waals surface area contributed by atoms with Crippen molar-refractivity contribution in [3.63, 3.8) is 0 Å². The molecule has 0 aliphatic carbocycles. The Bertz CT molecular complexity index is 374. The van der Waals surface area contributed by atoms with Crippen molar-refractivity contribution in [1.82, 2.24) is 0 Å². The summed E-state index contributed by atoms with van der Waals surface area (Å²) < 4.78 is 5.81. The van der Waals surface area contributed by atoms with E-state index in [0.29, 0.717) is 0 Å². The zero-order valence-electron chi connectivity index (χ0n) is 11.1. The molecule has 0 radical (unpaired) electrons. The van der Waals surface area contributed by atoms with Gasteiger partial charge in [-0.15, -0.1) is 0 Å². The minimum absolute atomic E-state index is 0.0891. The maximum absolute atomic E-state index is 6.32. The van der Waals surface area contributed by atoms with Crippen LogP contribution in [0.3, 0.4) is 0 Å². The van der Waals surface area contributed by atoms with Gasteiger partial charge in [-0.2, -0.15) is 0 Å². The van der Waals surface area contributed by atoms with Crippen LogP contribution in [0.4, 0.5) is 0 Å². The van der Waals surface area contributed by atoms with Crippen molar-refractivity contribution in [2.24, 2.45) is 5.73 Å². The van der Waals surface area contributed by atoms with Gasteiger partial charge in [-0.05, 0) is 45.6 Å². The van der Waals surface area contributed by atoms with Gasteiger partial charge in [-0.1, -0.05) is 29.3 Å². The second-order valence-corrected chi connectivity index (χ2v) is 5.57. The number of rotatable bonds is 3. The topological polar surface area (TPSA) is 35.2 Å². The molecule has 2 rings (SSSR count). The molecule has 2 heteroatoms. The Balaban J connectivity index is 2.09. The van der Waals surface area contributed by atoms with Crippen molar-refractivity contribution in [3.8, 4) is 0 Å². The first-order chi connectivity index (χ1) is 7.99. The third kappa shape index (κ3) is 2.88. The number of nitrogens with two attached hydrogens (primary N) is 1. The molecule has 94 valence electrons. The first-order valence-electron chi connectivity index (χ1n) is 6.46. The smallest absolute Gasteiger partial charge is 0.0808 e. The second-order valence-electron chi connectivity index (χ2n) is 5.57. The molecule has 2 nitrogen and oxygen atoms in total. The minimum Gasteiger partial charge on any atom is -0.374 e. The van der Waals surface area contributed by atoms with Gasteiger partial charge in [0.05, 0.1) is 5.60 Å². The fourth-order valence-corrected chi connectivity index (χ4v) is 2.75. The molecule has 2 N–H and O–H groups in total. The van der Waals surface area contributed by atoms with Gasteiger partial charge >= 0.3 is 0 Å². The van der Waals surface area contributed by atoms with Crippen molar-refractivity contribution in [1.29, 1.82) is 0 Å². The van der Waals surface area contributed by atoms with Gasteiger partial charge in [0, 0.05) is 12.6 Å². The summed E-state index contributed by atoms with van der Waals surface area (Å²) in [6.07, 6.45) is 3.12. The summed E-state index contributed by atoms with van der Waals surface area (Å²) in [6, 6.07) is 6.74. The summed E-state index contributed by atoms with van der Waals surface area (Å²) in [7, 11) is 0. The summed E-state index contributed by atoms with van der Waals surface area (Å²) in [5, 5.41) is 0. The van der Waals surface area contributed by atoms with Crippen LogP contribution in [0, 0.1) is 13.8 Å². The van der Waals surface area contributed by atoms with E-state index in [2.05, 4.69) is 39.0 Å². The van der Waals surface area contributed by atoms with Crippen LogP contribution in [0.2, 0.25) is 0 Å². The molecule has 0 amide bonds. The van der Waals surface area contributed by atoms with E-state index in [9.17, 15) is 0 Å². The Hall–Kier alpha value is -0.860. The van der Waals surface area contributed by atoms with Crippen LogP contribution in [0.15, 0.2) is 18.2 Å². The molecular formula is C15H23NO. The molecule has 1 saturated heterocycles. The van der Waals surface area contributed by atoms with Crippen molar-refractivity contribution < 1.29 is 4.74 Å². The van der Waals surface area contributed by atoms with E-state index >= 15 is 0 Å². The van der Waals surface area contributed by atoms with Gasteiger partial charge in [-0.25, -0.2) is 0 Å². The maximum Gasteiger partial charge on any atom is 0.0808 e. The Kier molecular flexibility index (Phi) is 3.55. The molecule has 2 atom stereocenters. The molecule has 0 spiro atoms. The number of benzene rings is 1. The molecule has 0 bridgehead atoms. The van der Waals surface area contributed by atoms with E-state index in [-0.39, 0.29) is 11.6 Å². The van der Waals surface area contributed by atoms with Crippen molar-refractivity contribution in [2.45, 2.75) is 51.7 Å². The van der Waals surface area contributed by atoms with Crippen LogP contribution in [0.1, 0.15) is 36.5 Å². The molecular weight excluding hydrogens is 210 g/mol. The van der Waals surface area contributed by atoms with E-state index in [1.165, 1.54) is 16.7 Å². The highest BCUT2D eigenvalue weighted by Crippen LogP contribution is 2.29. The predicted octanol–water partition coefficient (Wildman–Crippen LogP) is 2.74. The van der Waals surface area contributed by atoms with Crippen LogP contribution in [0.5, 0.6) is 0 Å². The number of hydrogen-bond donors (Lipinski definition) is 1. The molecule has 1 aliphatic heterocycles. The lowest BCUT2D eigenvalue weighted by Gasteiger charge is -2.30. The van der Waals surface area contributed by atoms with E-state index < -0.39 is 0 Å². The molecule has 0 saturated carbocycles. The minimum atomic E-state index is -0.127. The summed E-state index contributed by atoms with van der Waals surface area (Å²) in [4.78, 5) is 0. The average molecular weight is 233 g/mol. The molecule has 1 aromatic rings. The molecule has 1 fully saturated rings. The summed E-state index contributed by atoms with van der Waals surface area (Å²) in [5.41, 5.74) is 10.1. The van der Waals surface area contributed by atoms with E-state index in [1.54, 1.807) is 0 Å². The molecule has 0 aromatic heterocycles. The van der Waals surface area contributed by atoms with Crippen LogP contribution < -0.4 is 5.73 Å². The first-order valence-corrected chi connectivity index (χ1v) is 6.46. The SMILES string of the molecule is Cc1cc(C)cc(CC(N)C2(C)CCCO2)c1. The summed E-state index contributed by atoms with van der Waals surface area (Å²) in [6.45, 7) is 7.27. The Morgan fingerprint density at radius 2 is 1.94 bits per heavy atom. The molecule has 1 aromatic carbocycles. The predicted molar refractivity (Wildman–Crippen MR) is 71.2 cm³/mol.